The highest BCUT2D eigenvalue weighted by Gasteiger charge is 2.27. The van der Waals surface area contributed by atoms with Crippen molar-refractivity contribution in [2.24, 2.45) is 0 Å². The van der Waals surface area contributed by atoms with E-state index in [0.717, 1.165) is 6.42 Å². The van der Waals surface area contributed by atoms with Crippen LogP contribution < -0.4 is 5.32 Å². The minimum absolute atomic E-state index is 0.104. The van der Waals surface area contributed by atoms with Crippen molar-refractivity contribution < 1.29 is 9.53 Å². The summed E-state index contributed by atoms with van der Waals surface area (Å²) in [5, 5.41) is 3.53. The molecule has 21 heavy (non-hydrogen) atoms. The lowest BCUT2D eigenvalue weighted by atomic mass is 9.93. The molecule has 0 aliphatic heterocycles. The van der Waals surface area contributed by atoms with Gasteiger partial charge in [0.2, 0.25) is 0 Å². The van der Waals surface area contributed by atoms with Gasteiger partial charge in [-0.15, -0.1) is 0 Å². The van der Waals surface area contributed by atoms with Gasteiger partial charge in [-0.05, 0) is 37.7 Å². The Labute approximate surface area is 128 Å². The molecule has 2 rings (SSSR count). The first-order chi connectivity index (χ1) is 10.2. The van der Waals surface area contributed by atoms with E-state index in [1.807, 2.05) is 13.0 Å². The number of hydrogen-bond acceptors (Lipinski definition) is 3. The van der Waals surface area contributed by atoms with Gasteiger partial charge in [0.25, 0.3) is 0 Å². The van der Waals surface area contributed by atoms with E-state index < -0.39 is 0 Å². The van der Waals surface area contributed by atoms with Gasteiger partial charge < -0.3 is 10.1 Å². The van der Waals surface area contributed by atoms with Crippen LogP contribution in [0.15, 0.2) is 30.3 Å². The average molecular weight is 289 g/mol. The zero-order chi connectivity index (χ0) is 15.1. The fourth-order valence-electron chi connectivity index (χ4n) is 3.12. The minimum atomic E-state index is -0.191. The Balaban J connectivity index is 1.98. The quantitative estimate of drug-likeness (QED) is 0.779. The summed E-state index contributed by atoms with van der Waals surface area (Å²) >= 11 is 0. The standard InChI is InChI=1S/C18H27NO2/c1-3-21-18(20)17(19-16-11-7-8-12-16)13-14(2)15-9-5-4-6-10-15/h4-6,9-10,14,16-17,19H,3,7-8,11-13H2,1-2H3. The van der Waals surface area contributed by atoms with Gasteiger partial charge in [0.1, 0.15) is 6.04 Å². The normalized spacial score (nSPS) is 18.4. The Morgan fingerprint density at radius 1 is 1.29 bits per heavy atom. The van der Waals surface area contributed by atoms with Crippen molar-refractivity contribution in [1.29, 1.82) is 0 Å². The van der Waals surface area contributed by atoms with Crippen molar-refractivity contribution in [3.05, 3.63) is 35.9 Å². The van der Waals surface area contributed by atoms with Gasteiger partial charge in [0.05, 0.1) is 6.61 Å². The number of esters is 1. The van der Waals surface area contributed by atoms with Crippen LogP contribution in [0.4, 0.5) is 0 Å². The number of benzene rings is 1. The fraction of sp³-hybridized carbons (Fsp3) is 0.611. The van der Waals surface area contributed by atoms with E-state index in [-0.39, 0.29) is 12.0 Å². The molecule has 1 aromatic rings. The van der Waals surface area contributed by atoms with Gasteiger partial charge in [0.15, 0.2) is 0 Å². The molecule has 1 fully saturated rings. The summed E-state index contributed by atoms with van der Waals surface area (Å²) in [6.07, 6.45) is 5.67. The fourth-order valence-corrected chi connectivity index (χ4v) is 3.12. The first-order valence-electron chi connectivity index (χ1n) is 8.18. The highest BCUT2D eigenvalue weighted by Crippen LogP contribution is 2.23. The summed E-state index contributed by atoms with van der Waals surface area (Å²) in [6.45, 7) is 4.49. The van der Waals surface area contributed by atoms with E-state index in [0.29, 0.717) is 18.6 Å². The van der Waals surface area contributed by atoms with Crippen molar-refractivity contribution >= 4 is 5.97 Å². The lowest BCUT2D eigenvalue weighted by Gasteiger charge is -2.24. The van der Waals surface area contributed by atoms with Gasteiger partial charge in [0, 0.05) is 6.04 Å². The predicted octanol–water partition coefficient (Wildman–Crippen LogP) is 3.64. The molecule has 0 spiro atoms. The summed E-state index contributed by atoms with van der Waals surface area (Å²) in [5.41, 5.74) is 1.28. The van der Waals surface area contributed by atoms with Gasteiger partial charge in [-0.3, -0.25) is 4.79 Å². The van der Waals surface area contributed by atoms with E-state index in [2.05, 4.69) is 36.5 Å². The molecule has 0 amide bonds. The molecule has 0 heterocycles. The maximum Gasteiger partial charge on any atom is 0.323 e. The zero-order valence-electron chi connectivity index (χ0n) is 13.2. The largest absolute Gasteiger partial charge is 0.465 e. The second-order valence-electron chi connectivity index (χ2n) is 6.00. The van der Waals surface area contributed by atoms with E-state index >= 15 is 0 Å². The van der Waals surface area contributed by atoms with Crippen LogP contribution in [0.3, 0.4) is 0 Å². The summed E-state index contributed by atoms with van der Waals surface area (Å²) in [6, 6.07) is 10.7. The summed E-state index contributed by atoms with van der Waals surface area (Å²) < 4.78 is 5.25. The van der Waals surface area contributed by atoms with Crippen LogP contribution in [-0.4, -0.2) is 24.7 Å². The summed E-state index contributed by atoms with van der Waals surface area (Å²) in [5.74, 6) is 0.238. The first kappa shape index (κ1) is 16.0. The molecule has 3 nitrogen and oxygen atoms in total. The highest BCUT2D eigenvalue weighted by molar-refractivity contribution is 5.76. The molecule has 0 saturated heterocycles. The Bertz CT molecular complexity index is 426. The number of hydrogen-bond donors (Lipinski definition) is 1. The van der Waals surface area contributed by atoms with E-state index in [1.54, 1.807) is 0 Å². The maximum atomic E-state index is 12.2. The predicted molar refractivity (Wildman–Crippen MR) is 85.3 cm³/mol. The smallest absolute Gasteiger partial charge is 0.323 e. The van der Waals surface area contributed by atoms with Crippen molar-refractivity contribution in [2.75, 3.05) is 6.61 Å². The van der Waals surface area contributed by atoms with Crippen LogP contribution in [0, 0.1) is 0 Å². The molecule has 2 atom stereocenters. The number of nitrogens with one attached hydrogen (secondary N) is 1. The van der Waals surface area contributed by atoms with Gasteiger partial charge >= 0.3 is 5.97 Å². The lowest BCUT2D eigenvalue weighted by Crippen LogP contribution is -2.44. The monoisotopic (exact) mass is 289 g/mol. The second-order valence-corrected chi connectivity index (χ2v) is 6.00. The average Bonchev–Trinajstić information content (AvgIpc) is 3.00. The lowest BCUT2D eigenvalue weighted by molar-refractivity contribution is -0.146. The third-order valence-electron chi connectivity index (χ3n) is 4.32. The van der Waals surface area contributed by atoms with Crippen LogP contribution >= 0.6 is 0 Å². The Morgan fingerprint density at radius 3 is 2.57 bits per heavy atom. The summed E-state index contributed by atoms with van der Waals surface area (Å²) in [7, 11) is 0. The molecule has 1 aliphatic rings. The number of carbonyl (C=O) groups excluding carboxylic acids is 1. The third kappa shape index (κ3) is 4.85. The molecule has 0 bridgehead atoms. The molecule has 1 saturated carbocycles. The SMILES string of the molecule is CCOC(=O)C(CC(C)c1ccccc1)NC1CCCC1. The van der Waals surface area contributed by atoms with E-state index in [1.165, 1.54) is 31.2 Å². The van der Waals surface area contributed by atoms with Crippen LogP contribution in [0.5, 0.6) is 0 Å². The number of ether oxygens (including phenoxy) is 1. The van der Waals surface area contributed by atoms with Crippen molar-refractivity contribution in [1.82, 2.24) is 5.32 Å². The molecule has 1 aromatic carbocycles. The van der Waals surface area contributed by atoms with Crippen LogP contribution in [0.2, 0.25) is 0 Å². The van der Waals surface area contributed by atoms with E-state index in [9.17, 15) is 4.79 Å². The second kappa shape index (κ2) is 8.18. The molecule has 3 heteroatoms. The first-order valence-corrected chi connectivity index (χ1v) is 8.18. The molecule has 1 N–H and O–H groups in total. The van der Waals surface area contributed by atoms with Crippen molar-refractivity contribution in [3.63, 3.8) is 0 Å². The molecule has 0 radical (unpaired) electrons. The van der Waals surface area contributed by atoms with Gasteiger partial charge in [-0.25, -0.2) is 0 Å². The van der Waals surface area contributed by atoms with Crippen molar-refractivity contribution in [3.8, 4) is 0 Å². The van der Waals surface area contributed by atoms with Crippen LogP contribution in [0.25, 0.3) is 0 Å². The number of carbonyl (C=O) groups is 1. The zero-order valence-corrected chi connectivity index (χ0v) is 13.2. The molecular formula is C18H27NO2. The third-order valence-corrected chi connectivity index (χ3v) is 4.32. The van der Waals surface area contributed by atoms with Crippen LogP contribution in [-0.2, 0) is 9.53 Å². The molecule has 0 aromatic heterocycles. The topological polar surface area (TPSA) is 38.3 Å². The van der Waals surface area contributed by atoms with Gasteiger partial charge in [-0.2, -0.15) is 0 Å². The Hall–Kier alpha value is -1.35. The minimum Gasteiger partial charge on any atom is -0.465 e. The Morgan fingerprint density at radius 2 is 1.95 bits per heavy atom. The molecular weight excluding hydrogens is 262 g/mol. The molecule has 1 aliphatic carbocycles. The maximum absolute atomic E-state index is 12.2. The van der Waals surface area contributed by atoms with E-state index in [4.69, 9.17) is 4.74 Å². The van der Waals surface area contributed by atoms with Crippen LogP contribution in [0.1, 0.15) is 57.4 Å². The van der Waals surface area contributed by atoms with Crippen molar-refractivity contribution in [2.45, 2.75) is 64.0 Å². The molecule has 116 valence electrons. The molecule has 2 unspecified atom stereocenters. The van der Waals surface area contributed by atoms with Gasteiger partial charge in [-0.1, -0.05) is 50.1 Å². The number of rotatable bonds is 7. The Kier molecular flexibility index (Phi) is 6.24. The summed E-state index contributed by atoms with van der Waals surface area (Å²) in [4.78, 5) is 12.2. The highest BCUT2D eigenvalue weighted by atomic mass is 16.5.